The smallest absolute Gasteiger partial charge is 0.232 e. The molecule has 3 heterocycles. The lowest BCUT2D eigenvalue weighted by atomic mass is 9.69. The Bertz CT molecular complexity index is 1080. The fourth-order valence-corrected chi connectivity index (χ4v) is 6.62. The number of nitrogens with one attached hydrogen (secondary N) is 2. The molecule has 8 heteroatoms. The third kappa shape index (κ3) is 6.38. The zero-order valence-electron chi connectivity index (χ0n) is 23.0. The van der Waals surface area contributed by atoms with E-state index in [1.54, 1.807) is 12.1 Å². The van der Waals surface area contributed by atoms with Crippen LogP contribution in [0.2, 0.25) is 0 Å². The molecule has 1 aromatic heterocycles. The van der Waals surface area contributed by atoms with Crippen molar-refractivity contribution in [3.05, 3.63) is 41.7 Å². The maximum atomic E-state index is 13.6. The molecule has 1 aromatic carbocycles. The molecule has 6 nitrogen and oxygen atoms in total. The van der Waals surface area contributed by atoms with Crippen molar-refractivity contribution in [2.75, 3.05) is 41.3 Å². The van der Waals surface area contributed by atoms with Crippen LogP contribution in [0.25, 0.3) is 0 Å². The summed E-state index contributed by atoms with van der Waals surface area (Å²) in [5, 5.41) is 7.35. The van der Waals surface area contributed by atoms with Gasteiger partial charge in [-0.25, -0.2) is 4.39 Å². The van der Waals surface area contributed by atoms with Crippen LogP contribution in [-0.2, 0) is 5.41 Å². The van der Waals surface area contributed by atoms with Crippen LogP contribution in [0.5, 0.6) is 0 Å². The van der Waals surface area contributed by atoms with Gasteiger partial charge in [-0.15, -0.1) is 0 Å². The molecule has 2 aromatic rings. The standard InChI is InChI=1S/C30H43FN6S/c1-22-13-18-36(19-14-22)26-20-27(37-17-7-4-8-23(37)2)34-28(33-26)35-29(38)32-21-30(15-5-3-6-16-30)24-9-11-25(31)12-10-24/h9-12,20,22-23H,3-8,13-19,21H2,1-2H3,(H2,32,33,34,35,38). The predicted octanol–water partition coefficient (Wildman–Crippen LogP) is 6.42. The van der Waals surface area contributed by atoms with Crippen molar-refractivity contribution >= 4 is 34.9 Å². The second-order valence-electron chi connectivity index (χ2n) is 11.8. The minimum Gasteiger partial charge on any atom is -0.361 e. The van der Waals surface area contributed by atoms with E-state index in [4.69, 9.17) is 22.2 Å². The van der Waals surface area contributed by atoms with Crippen molar-refractivity contribution in [3.8, 4) is 0 Å². The van der Waals surface area contributed by atoms with Crippen LogP contribution < -0.4 is 20.4 Å². The molecule has 2 N–H and O–H groups in total. The van der Waals surface area contributed by atoms with Crippen molar-refractivity contribution in [1.29, 1.82) is 0 Å². The summed E-state index contributed by atoms with van der Waals surface area (Å²) < 4.78 is 13.6. The van der Waals surface area contributed by atoms with Gasteiger partial charge >= 0.3 is 0 Å². The molecule has 2 saturated heterocycles. The molecule has 0 bridgehead atoms. The van der Waals surface area contributed by atoms with Gasteiger partial charge in [0.2, 0.25) is 5.95 Å². The number of aromatic nitrogens is 2. The first-order valence-corrected chi connectivity index (χ1v) is 15.0. The average Bonchev–Trinajstić information content (AvgIpc) is 2.93. The summed E-state index contributed by atoms with van der Waals surface area (Å²) >= 11 is 5.77. The fraction of sp³-hybridized carbons (Fsp3) is 0.633. The van der Waals surface area contributed by atoms with Gasteiger partial charge in [0.15, 0.2) is 5.11 Å². The lowest BCUT2D eigenvalue weighted by molar-refractivity contribution is 0.292. The monoisotopic (exact) mass is 538 g/mol. The number of hydrogen-bond donors (Lipinski definition) is 2. The lowest BCUT2D eigenvalue weighted by Crippen LogP contribution is -2.44. The summed E-state index contributed by atoms with van der Waals surface area (Å²) in [6.07, 6.45) is 11.8. The number of halogens is 1. The quantitative estimate of drug-likeness (QED) is 0.412. The first kappa shape index (κ1) is 27.1. The Hall–Kier alpha value is -2.48. The minimum atomic E-state index is -0.191. The molecule has 206 valence electrons. The van der Waals surface area contributed by atoms with Crippen LogP contribution in [0.1, 0.15) is 83.6 Å². The summed E-state index contributed by atoms with van der Waals surface area (Å²) in [4.78, 5) is 14.7. The molecule has 38 heavy (non-hydrogen) atoms. The van der Waals surface area contributed by atoms with Gasteiger partial charge in [0.05, 0.1) is 0 Å². The third-order valence-corrected chi connectivity index (χ3v) is 9.23. The predicted molar refractivity (Wildman–Crippen MR) is 159 cm³/mol. The van der Waals surface area contributed by atoms with Crippen molar-refractivity contribution < 1.29 is 4.39 Å². The first-order chi connectivity index (χ1) is 18.4. The summed E-state index contributed by atoms with van der Waals surface area (Å²) in [6.45, 7) is 8.41. The highest BCUT2D eigenvalue weighted by Crippen LogP contribution is 2.39. The Kier molecular flexibility index (Phi) is 8.66. The van der Waals surface area contributed by atoms with Crippen LogP contribution in [0.4, 0.5) is 22.0 Å². The van der Waals surface area contributed by atoms with Crippen molar-refractivity contribution in [2.24, 2.45) is 5.92 Å². The summed E-state index contributed by atoms with van der Waals surface area (Å²) in [6, 6.07) is 9.67. The molecule has 3 fully saturated rings. The van der Waals surface area contributed by atoms with Gasteiger partial charge in [0, 0.05) is 43.7 Å². The molecule has 1 unspecified atom stereocenters. The number of benzene rings is 1. The van der Waals surface area contributed by atoms with E-state index in [0.29, 0.717) is 23.6 Å². The summed E-state index contributed by atoms with van der Waals surface area (Å²) in [5.74, 6) is 3.10. The van der Waals surface area contributed by atoms with E-state index in [1.165, 1.54) is 56.9 Å². The van der Waals surface area contributed by atoms with Crippen LogP contribution in [0, 0.1) is 11.7 Å². The summed E-state index contributed by atoms with van der Waals surface area (Å²) in [7, 11) is 0. The van der Waals surface area contributed by atoms with Gasteiger partial charge in [-0.05, 0) is 87.7 Å². The normalized spacial score (nSPS) is 22.2. The third-order valence-electron chi connectivity index (χ3n) is 8.98. The summed E-state index contributed by atoms with van der Waals surface area (Å²) in [5.41, 5.74) is 1.15. The molecular formula is C30H43FN6S. The zero-order chi connectivity index (χ0) is 26.5. The second-order valence-corrected chi connectivity index (χ2v) is 12.2. The SMILES string of the molecule is CC1CCN(c2cc(N3CCCCC3C)nc(NC(=S)NCC3(c4ccc(F)cc4)CCCCC3)n2)CC1. The number of thiocarbonyl (C=S) groups is 1. The molecular weight excluding hydrogens is 495 g/mol. The van der Waals surface area contributed by atoms with E-state index in [0.717, 1.165) is 50.0 Å². The van der Waals surface area contributed by atoms with Crippen molar-refractivity contribution in [3.63, 3.8) is 0 Å². The van der Waals surface area contributed by atoms with Crippen molar-refractivity contribution in [2.45, 2.75) is 89.5 Å². The van der Waals surface area contributed by atoms with E-state index in [2.05, 4.69) is 40.3 Å². The largest absolute Gasteiger partial charge is 0.361 e. The average molecular weight is 539 g/mol. The Balaban J connectivity index is 1.33. The minimum absolute atomic E-state index is 0.0424. The number of anilines is 3. The molecule has 5 rings (SSSR count). The molecule has 2 aliphatic heterocycles. The van der Waals surface area contributed by atoms with Gasteiger partial charge < -0.3 is 20.4 Å². The van der Waals surface area contributed by atoms with Gasteiger partial charge in [-0.1, -0.05) is 38.3 Å². The number of piperidine rings is 2. The van der Waals surface area contributed by atoms with E-state index in [9.17, 15) is 4.39 Å². The maximum Gasteiger partial charge on any atom is 0.232 e. The maximum absolute atomic E-state index is 13.6. The van der Waals surface area contributed by atoms with Crippen LogP contribution in [0.15, 0.2) is 30.3 Å². The Labute approximate surface area is 232 Å². The molecule has 0 amide bonds. The van der Waals surface area contributed by atoms with Gasteiger partial charge in [-0.2, -0.15) is 9.97 Å². The van der Waals surface area contributed by atoms with Crippen LogP contribution in [-0.4, -0.2) is 47.3 Å². The lowest BCUT2D eigenvalue weighted by Gasteiger charge is -2.38. The van der Waals surface area contributed by atoms with E-state index < -0.39 is 0 Å². The topological polar surface area (TPSA) is 56.3 Å². The van der Waals surface area contributed by atoms with Crippen molar-refractivity contribution in [1.82, 2.24) is 15.3 Å². The van der Waals surface area contributed by atoms with Crippen LogP contribution in [0.3, 0.4) is 0 Å². The van der Waals surface area contributed by atoms with E-state index >= 15 is 0 Å². The molecule has 1 atom stereocenters. The Morgan fingerprint density at radius 3 is 2.37 bits per heavy atom. The Morgan fingerprint density at radius 2 is 1.66 bits per heavy atom. The first-order valence-electron chi connectivity index (χ1n) is 14.6. The number of rotatable bonds is 6. The van der Waals surface area contributed by atoms with E-state index in [-0.39, 0.29) is 11.2 Å². The molecule has 0 radical (unpaired) electrons. The van der Waals surface area contributed by atoms with Gasteiger partial charge in [-0.3, -0.25) is 0 Å². The number of nitrogens with zero attached hydrogens (tertiary/aromatic N) is 4. The van der Waals surface area contributed by atoms with Gasteiger partial charge in [0.25, 0.3) is 0 Å². The van der Waals surface area contributed by atoms with E-state index in [1.807, 2.05) is 12.1 Å². The fourth-order valence-electron chi connectivity index (χ4n) is 6.46. The molecule has 1 saturated carbocycles. The number of hydrogen-bond acceptors (Lipinski definition) is 5. The highest BCUT2D eigenvalue weighted by molar-refractivity contribution is 7.80. The molecule has 0 spiro atoms. The highest BCUT2D eigenvalue weighted by Gasteiger charge is 2.34. The Morgan fingerprint density at radius 1 is 0.947 bits per heavy atom. The van der Waals surface area contributed by atoms with Gasteiger partial charge in [0.1, 0.15) is 17.5 Å². The molecule has 3 aliphatic rings. The zero-order valence-corrected chi connectivity index (χ0v) is 23.8. The highest BCUT2D eigenvalue weighted by atomic mass is 32.1. The second kappa shape index (κ2) is 12.1. The molecule has 1 aliphatic carbocycles. The van der Waals surface area contributed by atoms with Crippen LogP contribution >= 0.6 is 12.2 Å².